The number of carboxylic acids is 1. The van der Waals surface area contributed by atoms with Crippen molar-refractivity contribution in [3.8, 4) is 0 Å². The summed E-state index contributed by atoms with van der Waals surface area (Å²) >= 11 is 0. The molecule has 1 fully saturated rings. The van der Waals surface area contributed by atoms with Crippen LogP contribution in [0, 0.1) is 6.92 Å². The van der Waals surface area contributed by atoms with Gasteiger partial charge in [0.1, 0.15) is 6.04 Å². The molecule has 0 aromatic carbocycles. The van der Waals surface area contributed by atoms with Crippen LogP contribution in [-0.2, 0) is 4.79 Å². The second-order valence-corrected chi connectivity index (χ2v) is 4.18. The third-order valence-electron chi connectivity index (χ3n) is 2.94. The Balaban J connectivity index is 2.23. The van der Waals surface area contributed by atoms with Crippen molar-refractivity contribution in [3.05, 3.63) is 29.6 Å². The predicted molar refractivity (Wildman–Crippen MR) is 60.7 cm³/mol. The molecule has 17 heavy (non-hydrogen) atoms. The first-order chi connectivity index (χ1) is 8.09. The number of aliphatic carboxylic acids is 1. The molecule has 0 spiro atoms. The zero-order valence-electron chi connectivity index (χ0n) is 9.59. The largest absolute Gasteiger partial charge is 0.480 e. The number of hydrogen-bond acceptors (Lipinski definition) is 3. The van der Waals surface area contributed by atoms with Crippen LogP contribution in [-0.4, -0.2) is 39.5 Å². The number of likely N-dealkylation sites (tertiary alicyclic amines) is 1. The molecular formula is C12H14N2O3. The van der Waals surface area contributed by atoms with Crippen LogP contribution in [0.15, 0.2) is 18.3 Å². The van der Waals surface area contributed by atoms with Crippen molar-refractivity contribution < 1.29 is 14.7 Å². The van der Waals surface area contributed by atoms with Crippen molar-refractivity contribution in [2.24, 2.45) is 0 Å². The molecule has 5 heteroatoms. The average molecular weight is 234 g/mol. The third-order valence-corrected chi connectivity index (χ3v) is 2.94. The first-order valence-electron chi connectivity index (χ1n) is 5.56. The Kier molecular flexibility index (Phi) is 3.08. The summed E-state index contributed by atoms with van der Waals surface area (Å²) < 4.78 is 0. The van der Waals surface area contributed by atoms with E-state index in [4.69, 9.17) is 5.11 Å². The van der Waals surface area contributed by atoms with Gasteiger partial charge in [-0.05, 0) is 31.9 Å². The fourth-order valence-corrected chi connectivity index (χ4v) is 2.11. The van der Waals surface area contributed by atoms with Gasteiger partial charge in [-0.15, -0.1) is 0 Å². The number of amides is 1. The van der Waals surface area contributed by atoms with E-state index in [-0.39, 0.29) is 5.91 Å². The maximum absolute atomic E-state index is 12.1. The van der Waals surface area contributed by atoms with Crippen LogP contribution >= 0.6 is 0 Å². The number of pyridine rings is 1. The zero-order chi connectivity index (χ0) is 12.4. The van der Waals surface area contributed by atoms with Gasteiger partial charge in [-0.2, -0.15) is 0 Å². The number of carboxylic acid groups (broad SMARTS) is 1. The lowest BCUT2D eigenvalue weighted by Crippen LogP contribution is -2.40. The van der Waals surface area contributed by atoms with Gasteiger partial charge < -0.3 is 10.0 Å². The predicted octanol–water partition coefficient (Wildman–Crippen LogP) is 1.08. The highest BCUT2D eigenvalue weighted by Gasteiger charge is 2.34. The van der Waals surface area contributed by atoms with E-state index in [9.17, 15) is 9.59 Å². The van der Waals surface area contributed by atoms with Crippen LogP contribution in [0.4, 0.5) is 0 Å². The summed E-state index contributed by atoms with van der Waals surface area (Å²) in [5, 5.41) is 9.03. The Labute approximate surface area is 99.1 Å². The first-order valence-corrected chi connectivity index (χ1v) is 5.56. The number of aryl methyl sites for hydroxylation is 1. The fourth-order valence-electron chi connectivity index (χ4n) is 2.11. The summed E-state index contributed by atoms with van der Waals surface area (Å²) in [5.74, 6) is -1.15. The molecule has 1 saturated heterocycles. The van der Waals surface area contributed by atoms with Gasteiger partial charge in [-0.1, -0.05) is 0 Å². The van der Waals surface area contributed by atoms with Crippen molar-refractivity contribution in [1.29, 1.82) is 0 Å². The minimum Gasteiger partial charge on any atom is -0.480 e. The molecule has 0 aliphatic carbocycles. The van der Waals surface area contributed by atoms with E-state index in [1.807, 2.05) is 0 Å². The van der Waals surface area contributed by atoms with Crippen LogP contribution in [0.5, 0.6) is 0 Å². The zero-order valence-corrected chi connectivity index (χ0v) is 9.59. The molecule has 0 radical (unpaired) electrons. The van der Waals surface area contributed by atoms with E-state index in [0.29, 0.717) is 18.5 Å². The number of nitrogens with zero attached hydrogens (tertiary/aromatic N) is 2. The van der Waals surface area contributed by atoms with Crippen molar-refractivity contribution in [1.82, 2.24) is 9.88 Å². The highest BCUT2D eigenvalue weighted by Crippen LogP contribution is 2.20. The molecule has 1 N–H and O–H groups in total. The molecule has 90 valence electrons. The van der Waals surface area contributed by atoms with E-state index in [1.54, 1.807) is 25.3 Å². The van der Waals surface area contributed by atoms with Gasteiger partial charge in [0, 0.05) is 24.0 Å². The second kappa shape index (κ2) is 4.53. The molecule has 1 aliphatic heterocycles. The first kappa shape index (κ1) is 11.6. The van der Waals surface area contributed by atoms with Crippen LogP contribution in [0.2, 0.25) is 0 Å². The molecule has 5 nitrogen and oxygen atoms in total. The summed E-state index contributed by atoms with van der Waals surface area (Å²) in [7, 11) is 0. The summed E-state index contributed by atoms with van der Waals surface area (Å²) in [5.41, 5.74) is 1.26. The molecule has 1 aromatic heterocycles. The molecule has 0 unspecified atom stereocenters. The Hall–Kier alpha value is -1.91. The SMILES string of the molecule is Cc1cc(C(=O)N2CCC[C@H]2C(=O)O)ccn1. The highest BCUT2D eigenvalue weighted by atomic mass is 16.4. The van der Waals surface area contributed by atoms with Crippen molar-refractivity contribution >= 4 is 11.9 Å². The minimum absolute atomic E-state index is 0.222. The van der Waals surface area contributed by atoms with Crippen molar-refractivity contribution in [3.63, 3.8) is 0 Å². The fraction of sp³-hybridized carbons (Fsp3) is 0.417. The van der Waals surface area contributed by atoms with Gasteiger partial charge in [-0.3, -0.25) is 9.78 Å². The van der Waals surface area contributed by atoms with Gasteiger partial charge in [-0.25, -0.2) is 4.79 Å². The molecule has 0 saturated carbocycles. The quantitative estimate of drug-likeness (QED) is 0.831. The highest BCUT2D eigenvalue weighted by molar-refractivity contribution is 5.96. The normalized spacial score (nSPS) is 19.4. The monoisotopic (exact) mass is 234 g/mol. The number of rotatable bonds is 2. The summed E-state index contributed by atoms with van der Waals surface area (Å²) in [6.07, 6.45) is 2.84. The van der Waals surface area contributed by atoms with Crippen LogP contribution in [0.1, 0.15) is 28.9 Å². The number of carbonyl (C=O) groups excluding carboxylic acids is 1. The molecule has 1 atom stereocenters. The second-order valence-electron chi connectivity index (χ2n) is 4.18. The molecule has 1 aromatic rings. The van der Waals surface area contributed by atoms with E-state index >= 15 is 0 Å². The maximum Gasteiger partial charge on any atom is 0.326 e. The van der Waals surface area contributed by atoms with Crippen molar-refractivity contribution in [2.75, 3.05) is 6.54 Å². The standard InChI is InChI=1S/C12H14N2O3/c1-8-7-9(4-5-13-8)11(15)14-6-2-3-10(14)12(16)17/h4-5,7,10H,2-3,6H2,1H3,(H,16,17)/t10-/m0/s1. The molecule has 2 rings (SSSR count). The maximum atomic E-state index is 12.1. The van der Waals surface area contributed by atoms with Gasteiger partial charge in [0.15, 0.2) is 0 Å². The number of hydrogen-bond donors (Lipinski definition) is 1. The lowest BCUT2D eigenvalue weighted by Gasteiger charge is -2.21. The van der Waals surface area contributed by atoms with Crippen molar-refractivity contribution in [2.45, 2.75) is 25.8 Å². The van der Waals surface area contributed by atoms with Gasteiger partial charge in [0.25, 0.3) is 5.91 Å². The smallest absolute Gasteiger partial charge is 0.326 e. The summed E-state index contributed by atoms with van der Waals surface area (Å²) in [4.78, 5) is 28.6. The molecule has 0 bridgehead atoms. The van der Waals surface area contributed by atoms with E-state index in [2.05, 4.69) is 4.98 Å². The molecule has 1 amide bonds. The third kappa shape index (κ3) is 2.27. The molecular weight excluding hydrogens is 220 g/mol. The van der Waals surface area contributed by atoms with E-state index < -0.39 is 12.0 Å². The molecule has 1 aliphatic rings. The Bertz CT molecular complexity index is 459. The minimum atomic E-state index is -0.929. The van der Waals surface area contributed by atoms with Gasteiger partial charge in [0.05, 0.1) is 0 Å². The molecule has 2 heterocycles. The Morgan fingerprint density at radius 2 is 2.29 bits per heavy atom. The van der Waals surface area contributed by atoms with Crippen LogP contribution in [0.25, 0.3) is 0 Å². The van der Waals surface area contributed by atoms with Crippen LogP contribution < -0.4 is 0 Å². The summed E-state index contributed by atoms with van der Waals surface area (Å²) in [6.45, 7) is 2.31. The number of carbonyl (C=O) groups is 2. The topological polar surface area (TPSA) is 70.5 Å². The van der Waals surface area contributed by atoms with Gasteiger partial charge >= 0.3 is 5.97 Å². The van der Waals surface area contributed by atoms with Gasteiger partial charge in [0.2, 0.25) is 0 Å². The number of aromatic nitrogens is 1. The summed E-state index contributed by atoms with van der Waals surface area (Å²) in [6, 6.07) is 2.61. The van der Waals surface area contributed by atoms with E-state index in [0.717, 1.165) is 12.1 Å². The lowest BCUT2D eigenvalue weighted by molar-refractivity contribution is -0.141. The Morgan fingerprint density at radius 3 is 2.94 bits per heavy atom. The van der Waals surface area contributed by atoms with Crippen LogP contribution in [0.3, 0.4) is 0 Å². The lowest BCUT2D eigenvalue weighted by atomic mass is 10.2. The Morgan fingerprint density at radius 1 is 1.53 bits per heavy atom. The van der Waals surface area contributed by atoms with E-state index in [1.165, 1.54) is 4.90 Å². The average Bonchev–Trinajstić information content (AvgIpc) is 2.77.